The first kappa shape index (κ1) is 59.5. The van der Waals surface area contributed by atoms with E-state index in [0.29, 0.717) is 23.7 Å². The average Bonchev–Trinajstić information content (AvgIpc) is 4.06. The minimum atomic E-state index is -0.826. The molecule has 8 aromatic rings. The van der Waals surface area contributed by atoms with Crippen molar-refractivity contribution in [2.24, 2.45) is 0 Å². The number of rotatable bonds is 6. The standard InChI is InChI=1S/2C29H39.C12H7Si.2ClH.Zr/c2*1-18(2)21-13-20-11-12-25(19(3)4)27(26(20)16-21)22-14-23(28(5,6)7)17-24(15-22)29(8,9)10;1-3-7-11-9(5-1)10-6-2-4-8-12(10)13-11;;;/h2*11-19H,1-10H3;1-7H;2*1H;/q3*-1;;;+2/p-2. The van der Waals surface area contributed by atoms with Crippen LogP contribution in [0.15, 0.2) is 127 Å². The van der Waals surface area contributed by atoms with Gasteiger partial charge >= 0.3 is 37.9 Å². The number of fused-ring (bicyclic) bond motifs is 5. The Morgan fingerprint density at radius 3 is 1.16 bits per heavy atom. The van der Waals surface area contributed by atoms with Crippen LogP contribution in [0.1, 0.15) is 207 Å². The van der Waals surface area contributed by atoms with Gasteiger partial charge in [0.2, 0.25) is 0 Å². The minimum Gasteiger partial charge on any atom is -0.184 e. The summed E-state index contributed by atoms with van der Waals surface area (Å²) in [6.45, 7) is 46.3. The Kier molecular flexibility index (Phi) is 19.2. The molecule has 0 aliphatic carbocycles. The van der Waals surface area contributed by atoms with Crippen LogP contribution in [0.3, 0.4) is 0 Å². The second kappa shape index (κ2) is 23.9. The topological polar surface area (TPSA) is 0 Å². The Morgan fingerprint density at radius 2 is 0.811 bits per heavy atom. The van der Waals surface area contributed by atoms with Crippen molar-refractivity contribution in [2.75, 3.05) is 0 Å². The maximum Gasteiger partial charge on any atom is 0.0920 e. The fourth-order valence-electron chi connectivity index (χ4n) is 9.92. The van der Waals surface area contributed by atoms with Gasteiger partial charge in [-0.2, -0.15) is 41.6 Å². The second-order valence-corrected chi connectivity index (χ2v) is 31.1. The Hall–Kier alpha value is -3.78. The zero-order valence-corrected chi connectivity index (χ0v) is 53.7. The molecule has 0 saturated carbocycles. The van der Waals surface area contributed by atoms with E-state index in [-0.39, 0.29) is 21.7 Å². The molecule has 1 heterocycles. The number of benzene rings is 6. The summed E-state index contributed by atoms with van der Waals surface area (Å²) in [6.07, 6.45) is 0. The van der Waals surface area contributed by atoms with E-state index in [2.05, 4.69) is 266 Å². The quantitative estimate of drug-likeness (QED) is 0.115. The summed E-state index contributed by atoms with van der Waals surface area (Å²) in [4.78, 5) is 0. The number of halogens is 2. The molecule has 0 fully saturated rings. The second-order valence-electron chi connectivity index (χ2n) is 26.1. The van der Waals surface area contributed by atoms with Crippen molar-refractivity contribution >= 4 is 58.5 Å². The number of hydrogen-bond donors (Lipinski definition) is 0. The van der Waals surface area contributed by atoms with Gasteiger partial charge in [0, 0.05) is 0 Å². The molecule has 0 amide bonds. The van der Waals surface area contributed by atoms with Crippen molar-refractivity contribution in [3.63, 3.8) is 0 Å². The van der Waals surface area contributed by atoms with Crippen LogP contribution < -0.4 is 10.4 Å². The molecule has 0 nitrogen and oxygen atoms in total. The van der Waals surface area contributed by atoms with Crippen molar-refractivity contribution in [2.45, 2.75) is 184 Å². The van der Waals surface area contributed by atoms with Crippen LogP contribution in [0, 0.1) is 6.07 Å². The van der Waals surface area contributed by atoms with Gasteiger partial charge < -0.3 is 0 Å². The largest absolute Gasteiger partial charge is 0.184 e. The molecule has 2 radical (unpaired) electrons. The third kappa shape index (κ3) is 14.0. The predicted octanol–water partition coefficient (Wildman–Crippen LogP) is 20.6. The van der Waals surface area contributed by atoms with E-state index in [1.54, 1.807) is 0 Å². The minimum absolute atomic E-state index is 0.122. The molecule has 8 aromatic carbocycles. The zero-order chi connectivity index (χ0) is 54.8. The first-order valence-corrected chi connectivity index (χ1v) is 34.4. The summed E-state index contributed by atoms with van der Waals surface area (Å²) in [5, 5.41) is 8.37. The maximum atomic E-state index is 4.93. The van der Waals surface area contributed by atoms with E-state index >= 15 is 0 Å². The van der Waals surface area contributed by atoms with Crippen LogP contribution in [0.5, 0.6) is 0 Å². The smallest absolute Gasteiger partial charge is 0.0920 e. The molecule has 0 atom stereocenters. The van der Waals surface area contributed by atoms with E-state index in [0.717, 1.165) is 9.52 Å². The van der Waals surface area contributed by atoms with Crippen molar-refractivity contribution in [3.8, 4) is 33.4 Å². The van der Waals surface area contributed by atoms with E-state index in [4.69, 9.17) is 17.0 Å². The molecule has 0 saturated heterocycles. The van der Waals surface area contributed by atoms with Crippen molar-refractivity contribution in [3.05, 3.63) is 178 Å². The Morgan fingerprint density at radius 1 is 0.446 bits per heavy atom. The maximum absolute atomic E-state index is 4.93. The molecule has 0 aromatic heterocycles. The molecule has 1 aliphatic rings. The molecule has 0 bridgehead atoms. The Bertz CT molecular complexity index is 2900. The molecular formula is C70H85Cl2SiZr-3. The molecule has 74 heavy (non-hydrogen) atoms. The van der Waals surface area contributed by atoms with Crippen molar-refractivity contribution in [1.82, 2.24) is 0 Å². The average molecular weight is 1120 g/mol. The van der Waals surface area contributed by atoms with Gasteiger partial charge in [-0.25, -0.2) is 0 Å². The van der Waals surface area contributed by atoms with Crippen LogP contribution in [-0.2, 0) is 42.5 Å². The third-order valence-electron chi connectivity index (χ3n) is 14.7. The zero-order valence-electron chi connectivity index (χ0n) is 48.7. The summed E-state index contributed by atoms with van der Waals surface area (Å²) >= 11 is -0.826. The van der Waals surface area contributed by atoms with Gasteiger partial charge in [-0.05, 0) is 78.7 Å². The van der Waals surface area contributed by atoms with Crippen LogP contribution in [-0.4, -0.2) is 9.52 Å². The third-order valence-corrected chi connectivity index (χ3v) is 16.1. The molecule has 0 unspecified atom stereocenters. The monoisotopic (exact) mass is 1110 g/mol. The molecule has 390 valence electrons. The summed E-state index contributed by atoms with van der Waals surface area (Å²) in [7, 11) is 10.7. The summed E-state index contributed by atoms with van der Waals surface area (Å²) < 4.78 is 0. The number of hydrogen-bond acceptors (Lipinski definition) is 0. The van der Waals surface area contributed by atoms with Gasteiger partial charge in [0.05, 0.1) is 9.52 Å². The van der Waals surface area contributed by atoms with Crippen LogP contribution in [0.25, 0.3) is 54.9 Å². The van der Waals surface area contributed by atoms with E-state index in [9.17, 15) is 0 Å². The first-order chi connectivity index (χ1) is 34.4. The summed E-state index contributed by atoms with van der Waals surface area (Å²) in [5.74, 6) is 2.07. The SMILES string of the molecule is CC(C)c1cc2c(-c3cc(C(C)(C)C)cc(C(C)(C)C)c3)c(C(C)C)ccc2[cH-]1.CC(C)c1cc2c(-c3cc(C(C)(C)C)cc(C(C)(C)C)c3)c(C(C)C)ccc2[cH-]1.[Cl][Zr][Cl].[c-]1cccc2c1[Si]c1ccccc1-2. The molecule has 0 spiro atoms. The van der Waals surface area contributed by atoms with Crippen LogP contribution in [0.4, 0.5) is 0 Å². The fourth-order valence-corrected chi connectivity index (χ4v) is 11.2. The molecule has 0 N–H and O–H groups in total. The van der Waals surface area contributed by atoms with Gasteiger partial charge in [-0.3, -0.25) is 0 Å². The van der Waals surface area contributed by atoms with Gasteiger partial charge in [0.25, 0.3) is 0 Å². The van der Waals surface area contributed by atoms with Crippen LogP contribution >= 0.6 is 17.0 Å². The van der Waals surface area contributed by atoms with Gasteiger partial charge in [0.15, 0.2) is 0 Å². The Balaban J connectivity index is 0.000000186. The Labute approximate surface area is 470 Å². The molecule has 1 aliphatic heterocycles. The van der Waals surface area contributed by atoms with Crippen molar-refractivity contribution in [1.29, 1.82) is 0 Å². The van der Waals surface area contributed by atoms with Gasteiger partial charge in [-0.15, -0.1) is 74.6 Å². The van der Waals surface area contributed by atoms with Gasteiger partial charge in [-0.1, -0.05) is 232 Å². The fraction of sp³-hybridized carbons (Fsp3) is 0.400. The normalized spacial score (nSPS) is 12.6. The molecule has 4 heteroatoms. The summed E-state index contributed by atoms with van der Waals surface area (Å²) in [6, 6.07) is 51.7. The van der Waals surface area contributed by atoms with E-state index in [1.807, 2.05) is 6.07 Å². The summed E-state index contributed by atoms with van der Waals surface area (Å²) in [5.41, 5.74) is 20.3. The van der Waals surface area contributed by atoms with Crippen molar-refractivity contribution < 1.29 is 20.8 Å². The van der Waals surface area contributed by atoms with E-state index in [1.165, 1.54) is 110 Å². The predicted molar refractivity (Wildman–Crippen MR) is 329 cm³/mol. The van der Waals surface area contributed by atoms with Crippen LogP contribution in [0.2, 0.25) is 0 Å². The van der Waals surface area contributed by atoms with Gasteiger partial charge in [0.1, 0.15) is 0 Å². The van der Waals surface area contributed by atoms with E-state index < -0.39 is 20.8 Å². The molecular weight excluding hydrogens is 1030 g/mol. The first-order valence-electron chi connectivity index (χ1n) is 27.1. The molecule has 9 rings (SSSR count).